The van der Waals surface area contributed by atoms with Crippen molar-refractivity contribution in [3.63, 3.8) is 0 Å². The molecular formula is C17H17N5O2. The zero-order chi connectivity index (χ0) is 16.4. The van der Waals surface area contributed by atoms with Crippen molar-refractivity contribution >= 4 is 16.9 Å². The molecule has 1 N–H and O–H groups in total. The number of benzene rings is 1. The maximum absolute atomic E-state index is 12.7. The largest absolute Gasteiger partial charge is 0.473 e. The molecule has 1 fully saturated rings. The van der Waals surface area contributed by atoms with Crippen LogP contribution in [-0.4, -0.2) is 50.2 Å². The van der Waals surface area contributed by atoms with Gasteiger partial charge in [0.25, 0.3) is 5.91 Å². The molecule has 3 heterocycles. The van der Waals surface area contributed by atoms with Crippen molar-refractivity contribution in [1.82, 2.24) is 25.1 Å². The summed E-state index contributed by atoms with van der Waals surface area (Å²) in [6.45, 7) is 1.34. The Morgan fingerprint density at radius 3 is 2.92 bits per heavy atom. The number of carbonyl (C=O) groups excluding carboxylic acids is 1. The minimum atomic E-state index is 0.0458. The normalized spacial score (nSPS) is 15.6. The average molecular weight is 323 g/mol. The van der Waals surface area contributed by atoms with Crippen LogP contribution >= 0.6 is 0 Å². The Hall–Kier alpha value is -2.96. The fourth-order valence-corrected chi connectivity index (χ4v) is 2.95. The van der Waals surface area contributed by atoms with Crippen LogP contribution in [0.2, 0.25) is 0 Å². The van der Waals surface area contributed by atoms with Crippen molar-refractivity contribution in [2.45, 2.75) is 18.9 Å². The molecule has 1 saturated heterocycles. The van der Waals surface area contributed by atoms with Crippen LogP contribution in [0.4, 0.5) is 0 Å². The fourth-order valence-electron chi connectivity index (χ4n) is 2.95. The number of likely N-dealkylation sites (tertiary alicyclic amines) is 1. The summed E-state index contributed by atoms with van der Waals surface area (Å²) in [5.74, 6) is 0.580. The second-order valence-electron chi connectivity index (χ2n) is 5.81. The standard InChI is InChI=1S/C17H17N5O2/c23-17(12-3-4-14-15(10-12)19-11-18-14)22-8-5-13(6-9-22)24-16-2-1-7-20-21-16/h1-4,7,10-11,13H,5-6,8-9H2,(H,18,19). The lowest BCUT2D eigenvalue weighted by Gasteiger charge is -2.31. The lowest BCUT2D eigenvalue weighted by molar-refractivity contribution is 0.0586. The number of hydrogen-bond acceptors (Lipinski definition) is 5. The molecule has 7 nitrogen and oxygen atoms in total. The van der Waals surface area contributed by atoms with E-state index in [1.807, 2.05) is 23.1 Å². The first-order valence-corrected chi connectivity index (χ1v) is 7.96. The SMILES string of the molecule is O=C(c1ccc2nc[nH]c2c1)N1CCC(Oc2cccnn2)CC1. The van der Waals surface area contributed by atoms with Crippen molar-refractivity contribution in [2.24, 2.45) is 0 Å². The van der Waals surface area contributed by atoms with Gasteiger partial charge in [-0.05, 0) is 24.3 Å². The van der Waals surface area contributed by atoms with E-state index in [-0.39, 0.29) is 12.0 Å². The van der Waals surface area contributed by atoms with Gasteiger partial charge < -0.3 is 14.6 Å². The first-order valence-electron chi connectivity index (χ1n) is 7.96. The number of hydrogen-bond donors (Lipinski definition) is 1. The van der Waals surface area contributed by atoms with Gasteiger partial charge in [-0.25, -0.2) is 4.98 Å². The van der Waals surface area contributed by atoms with Gasteiger partial charge in [-0.15, -0.1) is 5.10 Å². The molecule has 0 bridgehead atoms. The predicted molar refractivity (Wildman–Crippen MR) is 87.7 cm³/mol. The Kier molecular flexibility index (Phi) is 3.82. The first kappa shape index (κ1) is 14.6. The van der Waals surface area contributed by atoms with Crippen molar-refractivity contribution in [3.8, 4) is 5.88 Å². The van der Waals surface area contributed by atoms with Crippen LogP contribution in [0.5, 0.6) is 5.88 Å². The molecule has 1 aliphatic heterocycles. The van der Waals surface area contributed by atoms with E-state index >= 15 is 0 Å². The monoisotopic (exact) mass is 323 g/mol. The van der Waals surface area contributed by atoms with Crippen molar-refractivity contribution < 1.29 is 9.53 Å². The van der Waals surface area contributed by atoms with E-state index in [4.69, 9.17) is 4.74 Å². The maximum Gasteiger partial charge on any atom is 0.253 e. The highest BCUT2D eigenvalue weighted by Gasteiger charge is 2.25. The van der Waals surface area contributed by atoms with Crippen molar-refractivity contribution in [3.05, 3.63) is 48.4 Å². The smallest absolute Gasteiger partial charge is 0.253 e. The molecule has 1 amide bonds. The van der Waals surface area contributed by atoms with Crippen LogP contribution < -0.4 is 4.74 Å². The summed E-state index contributed by atoms with van der Waals surface area (Å²) in [6, 6.07) is 9.14. The molecule has 0 saturated carbocycles. The number of rotatable bonds is 3. The summed E-state index contributed by atoms with van der Waals surface area (Å²) in [6.07, 6.45) is 4.89. The third-order valence-corrected chi connectivity index (χ3v) is 4.23. The van der Waals surface area contributed by atoms with E-state index in [1.54, 1.807) is 24.7 Å². The van der Waals surface area contributed by atoms with Crippen LogP contribution in [-0.2, 0) is 0 Å². The van der Waals surface area contributed by atoms with Gasteiger partial charge in [-0.1, -0.05) is 0 Å². The number of H-pyrrole nitrogens is 1. The summed E-state index contributed by atoms with van der Waals surface area (Å²) < 4.78 is 5.81. The van der Waals surface area contributed by atoms with Gasteiger partial charge >= 0.3 is 0 Å². The molecule has 0 radical (unpaired) electrons. The van der Waals surface area contributed by atoms with Gasteiger partial charge in [0.15, 0.2) is 0 Å². The zero-order valence-electron chi connectivity index (χ0n) is 13.1. The molecule has 0 unspecified atom stereocenters. The van der Waals surface area contributed by atoms with Gasteiger partial charge in [0.1, 0.15) is 6.10 Å². The molecule has 1 aliphatic rings. The van der Waals surface area contributed by atoms with E-state index in [9.17, 15) is 4.79 Å². The number of ether oxygens (including phenoxy) is 1. The molecule has 24 heavy (non-hydrogen) atoms. The number of piperidine rings is 1. The molecule has 3 aromatic rings. The summed E-state index contributed by atoms with van der Waals surface area (Å²) in [5, 5.41) is 7.74. The third-order valence-electron chi connectivity index (χ3n) is 4.23. The zero-order valence-corrected chi connectivity index (χ0v) is 13.1. The number of aromatic amines is 1. The number of fused-ring (bicyclic) bond motifs is 1. The van der Waals surface area contributed by atoms with Gasteiger partial charge in [0.2, 0.25) is 5.88 Å². The van der Waals surface area contributed by atoms with E-state index < -0.39 is 0 Å². The second-order valence-corrected chi connectivity index (χ2v) is 5.81. The Labute approximate surface area is 138 Å². The van der Waals surface area contributed by atoms with Crippen LogP contribution in [0.15, 0.2) is 42.9 Å². The number of carbonyl (C=O) groups is 1. The molecule has 2 aromatic heterocycles. The van der Waals surface area contributed by atoms with E-state index in [2.05, 4.69) is 20.2 Å². The minimum absolute atomic E-state index is 0.0458. The Balaban J connectivity index is 1.39. The van der Waals surface area contributed by atoms with Gasteiger partial charge in [0.05, 0.1) is 17.4 Å². The molecule has 0 aliphatic carbocycles. The number of aromatic nitrogens is 4. The van der Waals surface area contributed by atoms with E-state index in [1.165, 1.54) is 0 Å². The highest BCUT2D eigenvalue weighted by atomic mass is 16.5. The quantitative estimate of drug-likeness (QED) is 0.797. The molecule has 0 spiro atoms. The van der Waals surface area contributed by atoms with E-state index in [0.29, 0.717) is 24.5 Å². The third kappa shape index (κ3) is 2.92. The molecule has 4 rings (SSSR count). The Bertz CT molecular complexity index is 840. The number of imidazole rings is 1. The predicted octanol–water partition coefficient (Wildman–Crippen LogP) is 2.04. The Morgan fingerprint density at radius 2 is 2.12 bits per heavy atom. The highest BCUT2D eigenvalue weighted by Crippen LogP contribution is 2.19. The van der Waals surface area contributed by atoms with Crippen LogP contribution in [0.25, 0.3) is 11.0 Å². The summed E-state index contributed by atoms with van der Waals surface area (Å²) in [7, 11) is 0. The number of amides is 1. The molecule has 1 aromatic carbocycles. The van der Waals surface area contributed by atoms with E-state index in [0.717, 1.165) is 23.9 Å². The lowest BCUT2D eigenvalue weighted by Crippen LogP contribution is -2.41. The minimum Gasteiger partial charge on any atom is -0.473 e. The molecule has 122 valence electrons. The molecule has 0 atom stereocenters. The fraction of sp³-hybridized carbons (Fsp3) is 0.294. The van der Waals surface area contributed by atoms with Crippen LogP contribution in [0.3, 0.4) is 0 Å². The first-order chi connectivity index (χ1) is 11.8. The number of nitrogens with zero attached hydrogens (tertiary/aromatic N) is 4. The topological polar surface area (TPSA) is 84.0 Å². The van der Waals surface area contributed by atoms with Gasteiger partial charge in [-0.2, -0.15) is 5.10 Å². The maximum atomic E-state index is 12.7. The van der Waals surface area contributed by atoms with Gasteiger partial charge in [-0.3, -0.25) is 4.79 Å². The summed E-state index contributed by atoms with van der Waals surface area (Å²) in [5.41, 5.74) is 2.42. The van der Waals surface area contributed by atoms with Crippen molar-refractivity contribution in [1.29, 1.82) is 0 Å². The molecule has 7 heteroatoms. The highest BCUT2D eigenvalue weighted by molar-refractivity contribution is 5.97. The second kappa shape index (κ2) is 6.27. The van der Waals surface area contributed by atoms with Gasteiger partial charge in [0, 0.05) is 43.8 Å². The number of nitrogens with one attached hydrogen (secondary N) is 1. The lowest BCUT2D eigenvalue weighted by atomic mass is 10.1. The van der Waals surface area contributed by atoms with Crippen molar-refractivity contribution in [2.75, 3.05) is 13.1 Å². The molecular weight excluding hydrogens is 306 g/mol. The average Bonchev–Trinajstić information content (AvgIpc) is 3.10. The summed E-state index contributed by atoms with van der Waals surface area (Å²) in [4.78, 5) is 21.7. The Morgan fingerprint density at radius 1 is 1.25 bits per heavy atom. The van der Waals surface area contributed by atoms with Crippen LogP contribution in [0.1, 0.15) is 23.2 Å². The summed E-state index contributed by atoms with van der Waals surface area (Å²) >= 11 is 0. The van der Waals surface area contributed by atoms with Crippen LogP contribution in [0, 0.1) is 0 Å².